The molecule has 0 N–H and O–H groups in total. The summed E-state index contributed by atoms with van der Waals surface area (Å²) in [5.74, 6) is 1.12. The van der Waals surface area contributed by atoms with E-state index in [-0.39, 0.29) is 5.91 Å². The molecule has 0 unspecified atom stereocenters. The van der Waals surface area contributed by atoms with Crippen molar-refractivity contribution in [1.29, 1.82) is 0 Å². The van der Waals surface area contributed by atoms with E-state index < -0.39 is 0 Å². The first-order valence-corrected chi connectivity index (χ1v) is 10.6. The molecule has 4 rings (SSSR count). The fourth-order valence-corrected chi connectivity index (χ4v) is 3.87. The molecule has 4 heteroatoms. The summed E-state index contributed by atoms with van der Waals surface area (Å²) in [6.07, 6.45) is 0.554. The van der Waals surface area contributed by atoms with E-state index in [0.717, 1.165) is 31.9 Å². The minimum absolute atomic E-state index is 0.226. The van der Waals surface area contributed by atoms with Gasteiger partial charge in [0.05, 0.1) is 0 Å². The molecule has 154 valence electrons. The maximum absolute atomic E-state index is 12.8. The number of rotatable bonds is 7. The van der Waals surface area contributed by atoms with Crippen molar-refractivity contribution < 1.29 is 9.53 Å². The predicted octanol–water partition coefficient (Wildman–Crippen LogP) is 4.47. The third kappa shape index (κ3) is 5.28. The van der Waals surface area contributed by atoms with Gasteiger partial charge in [-0.1, -0.05) is 72.8 Å². The number of hydrogen-bond donors (Lipinski definition) is 0. The minimum Gasteiger partial charge on any atom is -0.492 e. The topological polar surface area (TPSA) is 32.8 Å². The number of amides is 1. The van der Waals surface area contributed by atoms with Gasteiger partial charge in [0.25, 0.3) is 0 Å². The molecule has 3 aromatic carbocycles. The Balaban J connectivity index is 1.35. The Morgan fingerprint density at radius 1 is 0.767 bits per heavy atom. The van der Waals surface area contributed by atoms with Gasteiger partial charge < -0.3 is 9.64 Å². The number of carbonyl (C=O) groups excluding carboxylic acids is 1. The van der Waals surface area contributed by atoms with Gasteiger partial charge in [0, 0.05) is 39.1 Å². The standard InChI is InChI=1S/C26H28N2O2/c29-26-15-16-27(19-20-30-24-12-5-2-6-13-24)17-18-28(26)21-23-11-7-8-14-25(23)22-9-3-1-4-10-22/h1-14H,15-21H2. The fraction of sp³-hybridized carbons (Fsp3) is 0.269. The molecule has 0 bridgehead atoms. The molecule has 1 amide bonds. The lowest BCUT2D eigenvalue weighted by Gasteiger charge is -2.23. The highest BCUT2D eigenvalue weighted by Crippen LogP contribution is 2.25. The Bertz CT molecular complexity index is 944. The van der Waals surface area contributed by atoms with Crippen LogP contribution in [0.2, 0.25) is 0 Å². The molecular weight excluding hydrogens is 372 g/mol. The average Bonchev–Trinajstić information content (AvgIpc) is 2.97. The summed E-state index contributed by atoms with van der Waals surface area (Å²) in [7, 11) is 0. The van der Waals surface area contributed by atoms with Gasteiger partial charge in [-0.2, -0.15) is 0 Å². The highest BCUT2D eigenvalue weighted by atomic mass is 16.5. The van der Waals surface area contributed by atoms with Gasteiger partial charge >= 0.3 is 0 Å². The maximum atomic E-state index is 12.8. The number of para-hydroxylation sites is 1. The number of benzene rings is 3. The number of ether oxygens (including phenoxy) is 1. The number of carbonyl (C=O) groups is 1. The van der Waals surface area contributed by atoms with Crippen molar-refractivity contribution in [1.82, 2.24) is 9.80 Å². The first kappa shape index (κ1) is 20.2. The van der Waals surface area contributed by atoms with E-state index in [9.17, 15) is 4.79 Å². The monoisotopic (exact) mass is 400 g/mol. The van der Waals surface area contributed by atoms with Crippen LogP contribution in [0.4, 0.5) is 0 Å². The Morgan fingerprint density at radius 3 is 2.27 bits per heavy atom. The van der Waals surface area contributed by atoms with Gasteiger partial charge in [0.15, 0.2) is 0 Å². The van der Waals surface area contributed by atoms with Crippen LogP contribution >= 0.6 is 0 Å². The van der Waals surface area contributed by atoms with E-state index in [1.807, 2.05) is 41.3 Å². The van der Waals surface area contributed by atoms with Crippen molar-refractivity contribution >= 4 is 5.91 Å². The molecule has 4 nitrogen and oxygen atoms in total. The summed E-state index contributed by atoms with van der Waals surface area (Å²) < 4.78 is 5.82. The zero-order valence-corrected chi connectivity index (χ0v) is 17.2. The molecule has 1 heterocycles. The van der Waals surface area contributed by atoms with Gasteiger partial charge in [0.2, 0.25) is 5.91 Å². The van der Waals surface area contributed by atoms with Crippen LogP contribution in [-0.4, -0.2) is 48.5 Å². The van der Waals surface area contributed by atoms with E-state index in [1.165, 1.54) is 16.7 Å². The normalized spacial score (nSPS) is 15.1. The molecule has 0 aromatic heterocycles. The van der Waals surface area contributed by atoms with Crippen molar-refractivity contribution in [3.05, 3.63) is 90.5 Å². The van der Waals surface area contributed by atoms with Gasteiger partial charge in [-0.05, 0) is 28.8 Å². The molecule has 1 saturated heterocycles. The van der Waals surface area contributed by atoms with Gasteiger partial charge in [-0.3, -0.25) is 9.69 Å². The second kappa shape index (κ2) is 10.1. The van der Waals surface area contributed by atoms with Crippen LogP contribution in [0.1, 0.15) is 12.0 Å². The lowest BCUT2D eigenvalue weighted by atomic mass is 9.99. The van der Waals surface area contributed by atoms with Crippen molar-refractivity contribution in [2.75, 3.05) is 32.8 Å². The molecule has 3 aromatic rings. The van der Waals surface area contributed by atoms with Crippen molar-refractivity contribution in [3.63, 3.8) is 0 Å². The fourth-order valence-electron chi connectivity index (χ4n) is 3.87. The maximum Gasteiger partial charge on any atom is 0.224 e. The Hall–Kier alpha value is -3.11. The minimum atomic E-state index is 0.226. The van der Waals surface area contributed by atoms with E-state index in [0.29, 0.717) is 19.6 Å². The van der Waals surface area contributed by atoms with Crippen LogP contribution in [0, 0.1) is 0 Å². The molecular formula is C26H28N2O2. The van der Waals surface area contributed by atoms with E-state index in [2.05, 4.69) is 53.4 Å². The SMILES string of the molecule is O=C1CCN(CCOc2ccccc2)CCN1Cc1ccccc1-c1ccccc1. The van der Waals surface area contributed by atoms with Crippen LogP contribution in [-0.2, 0) is 11.3 Å². The third-order valence-electron chi connectivity index (χ3n) is 5.56. The van der Waals surface area contributed by atoms with Crippen LogP contribution in [0.3, 0.4) is 0 Å². The van der Waals surface area contributed by atoms with Crippen molar-refractivity contribution in [2.24, 2.45) is 0 Å². The third-order valence-corrected chi connectivity index (χ3v) is 5.56. The molecule has 0 radical (unpaired) electrons. The zero-order valence-electron chi connectivity index (χ0n) is 17.2. The second-order valence-corrected chi connectivity index (χ2v) is 7.59. The molecule has 0 aliphatic carbocycles. The molecule has 1 aliphatic heterocycles. The van der Waals surface area contributed by atoms with E-state index >= 15 is 0 Å². The Kier molecular flexibility index (Phi) is 6.78. The first-order chi connectivity index (χ1) is 14.8. The summed E-state index contributed by atoms with van der Waals surface area (Å²) in [6.45, 7) is 4.52. The number of nitrogens with zero attached hydrogens (tertiary/aromatic N) is 2. The zero-order chi connectivity index (χ0) is 20.6. The van der Waals surface area contributed by atoms with Gasteiger partial charge in [0.1, 0.15) is 12.4 Å². The lowest BCUT2D eigenvalue weighted by molar-refractivity contribution is -0.130. The predicted molar refractivity (Wildman–Crippen MR) is 120 cm³/mol. The number of hydrogen-bond acceptors (Lipinski definition) is 3. The summed E-state index contributed by atoms with van der Waals surface area (Å²) in [5, 5.41) is 0. The molecule has 30 heavy (non-hydrogen) atoms. The highest BCUT2D eigenvalue weighted by molar-refractivity contribution is 5.77. The van der Waals surface area contributed by atoms with Crippen molar-refractivity contribution in [2.45, 2.75) is 13.0 Å². The molecule has 1 fully saturated rings. The summed E-state index contributed by atoms with van der Waals surface area (Å²) in [6, 6.07) is 28.6. The quantitative estimate of drug-likeness (QED) is 0.587. The van der Waals surface area contributed by atoms with E-state index in [4.69, 9.17) is 4.74 Å². The Labute approximate surface area is 178 Å². The smallest absolute Gasteiger partial charge is 0.224 e. The van der Waals surface area contributed by atoms with Crippen LogP contribution in [0.5, 0.6) is 5.75 Å². The Morgan fingerprint density at radius 2 is 1.47 bits per heavy atom. The molecule has 1 aliphatic rings. The molecule has 0 atom stereocenters. The van der Waals surface area contributed by atoms with Crippen LogP contribution < -0.4 is 4.74 Å². The first-order valence-electron chi connectivity index (χ1n) is 10.6. The van der Waals surface area contributed by atoms with Gasteiger partial charge in [-0.25, -0.2) is 0 Å². The average molecular weight is 401 g/mol. The van der Waals surface area contributed by atoms with Crippen molar-refractivity contribution in [3.8, 4) is 16.9 Å². The second-order valence-electron chi connectivity index (χ2n) is 7.59. The summed E-state index contributed by atoms with van der Waals surface area (Å²) in [5.41, 5.74) is 3.58. The summed E-state index contributed by atoms with van der Waals surface area (Å²) in [4.78, 5) is 17.1. The lowest BCUT2D eigenvalue weighted by Crippen LogP contribution is -2.34. The van der Waals surface area contributed by atoms with Crippen LogP contribution in [0.15, 0.2) is 84.9 Å². The molecule has 0 saturated carbocycles. The van der Waals surface area contributed by atoms with Crippen LogP contribution in [0.25, 0.3) is 11.1 Å². The molecule has 0 spiro atoms. The van der Waals surface area contributed by atoms with E-state index in [1.54, 1.807) is 0 Å². The largest absolute Gasteiger partial charge is 0.492 e. The summed E-state index contributed by atoms with van der Waals surface area (Å²) >= 11 is 0. The highest BCUT2D eigenvalue weighted by Gasteiger charge is 2.21. The van der Waals surface area contributed by atoms with Gasteiger partial charge in [-0.15, -0.1) is 0 Å².